The third-order valence-corrected chi connectivity index (χ3v) is 3.66. The van der Waals surface area contributed by atoms with Crippen LogP contribution in [0.15, 0.2) is 22.2 Å². The van der Waals surface area contributed by atoms with Crippen LogP contribution in [0.1, 0.15) is 10.7 Å². The lowest BCUT2D eigenvalue weighted by atomic mass is 10.4. The number of aromatic amines is 1. The summed E-state index contributed by atoms with van der Waals surface area (Å²) in [5, 5.41) is 11.9. The molecule has 0 saturated carbocycles. The van der Waals surface area contributed by atoms with Crippen molar-refractivity contribution in [2.75, 3.05) is 0 Å². The number of aromatic nitrogens is 3. The summed E-state index contributed by atoms with van der Waals surface area (Å²) >= 11 is 5.21. The van der Waals surface area contributed by atoms with Gasteiger partial charge in [-0.05, 0) is 27.4 Å². The molecule has 0 aliphatic heterocycles. The first-order valence-electron chi connectivity index (χ1n) is 4.13. The zero-order valence-corrected chi connectivity index (χ0v) is 9.73. The molecule has 2 N–H and O–H groups in total. The topological polar surface area (TPSA) is 53.6 Å². The van der Waals surface area contributed by atoms with Crippen molar-refractivity contribution in [1.82, 2.24) is 20.5 Å². The number of H-pyrrole nitrogens is 1. The van der Waals surface area contributed by atoms with Gasteiger partial charge in [-0.15, -0.1) is 11.3 Å². The fourth-order valence-corrected chi connectivity index (χ4v) is 2.52. The number of thiophene rings is 1. The van der Waals surface area contributed by atoms with Crippen molar-refractivity contribution < 1.29 is 0 Å². The van der Waals surface area contributed by atoms with Gasteiger partial charge < -0.3 is 5.32 Å². The highest BCUT2D eigenvalue weighted by molar-refractivity contribution is 9.10. The Bertz CT molecular complexity index is 384. The zero-order valence-electron chi connectivity index (χ0n) is 7.33. The van der Waals surface area contributed by atoms with Crippen LogP contribution in [0.3, 0.4) is 0 Å². The van der Waals surface area contributed by atoms with Crippen LogP contribution in [0.4, 0.5) is 0 Å². The molecule has 6 heteroatoms. The summed E-state index contributed by atoms with van der Waals surface area (Å²) in [4.78, 5) is 5.32. The maximum atomic E-state index is 4.02. The molecule has 2 aromatic heterocycles. The minimum absolute atomic E-state index is 0.713. The van der Waals surface area contributed by atoms with E-state index in [2.05, 4.69) is 47.9 Å². The van der Waals surface area contributed by atoms with Crippen LogP contribution in [0.2, 0.25) is 0 Å². The minimum atomic E-state index is 0.713. The molecule has 0 atom stereocenters. The van der Waals surface area contributed by atoms with Gasteiger partial charge in [0.05, 0.1) is 6.54 Å². The number of hydrogen-bond donors (Lipinski definition) is 2. The minimum Gasteiger partial charge on any atom is -0.305 e. The van der Waals surface area contributed by atoms with Crippen molar-refractivity contribution in [2.45, 2.75) is 13.1 Å². The van der Waals surface area contributed by atoms with Crippen LogP contribution in [-0.2, 0) is 13.1 Å². The van der Waals surface area contributed by atoms with Crippen molar-refractivity contribution in [1.29, 1.82) is 0 Å². The third-order valence-electron chi connectivity index (χ3n) is 1.73. The molecule has 74 valence electrons. The molecule has 2 aromatic rings. The second-order valence-corrected chi connectivity index (χ2v) is 4.58. The lowest BCUT2D eigenvalue weighted by molar-refractivity contribution is 0.670. The molecule has 14 heavy (non-hydrogen) atoms. The first-order valence-corrected chi connectivity index (χ1v) is 5.80. The molecule has 4 nitrogen and oxygen atoms in total. The predicted molar refractivity (Wildman–Crippen MR) is 58.9 cm³/mol. The van der Waals surface area contributed by atoms with Gasteiger partial charge in [-0.3, -0.25) is 5.10 Å². The van der Waals surface area contributed by atoms with Crippen LogP contribution in [0, 0.1) is 0 Å². The fourth-order valence-electron chi connectivity index (χ4n) is 1.06. The van der Waals surface area contributed by atoms with Crippen LogP contribution in [-0.4, -0.2) is 15.2 Å². The molecule has 0 aliphatic rings. The van der Waals surface area contributed by atoms with Crippen molar-refractivity contribution in [3.63, 3.8) is 0 Å². The number of nitrogens with zero attached hydrogens (tertiary/aromatic N) is 2. The third kappa shape index (κ3) is 2.40. The highest BCUT2D eigenvalue weighted by Gasteiger charge is 2.00. The summed E-state index contributed by atoms with van der Waals surface area (Å²) in [6.45, 7) is 1.56. The lowest BCUT2D eigenvalue weighted by Gasteiger charge is -2.00. The summed E-state index contributed by atoms with van der Waals surface area (Å²) in [5.74, 6) is 0.859. The molecule has 0 bridgehead atoms. The normalized spacial score (nSPS) is 10.6. The standard InChI is InChI=1S/C8H9BrN4S/c9-6-1-2-14-7(6)3-10-4-8-11-5-12-13-8/h1-2,5,10H,3-4H2,(H,11,12,13). The van der Waals surface area contributed by atoms with E-state index >= 15 is 0 Å². The van der Waals surface area contributed by atoms with Gasteiger partial charge in [-0.25, -0.2) is 4.98 Å². The smallest absolute Gasteiger partial charge is 0.138 e. The van der Waals surface area contributed by atoms with E-state index < -0.39 is 0 Å². The Hall–Kier alpha value is -0.720. The van der Waals surface area contributed by atoms with Gasteiger partial charge in [0.25, 0.3) is 0 Å². The first kappa shape index (κ1) is 9.82. The summed E-state index contributed by atoms with van der Waals surface area (Å²) in [6.07, 6.45) is 1.51. The number of nitrogens with one attached hydrogen (secondary N) is 2. The Balaban J connectivity index is 1.81. The van der Waals surface area contributed by atoms with E-state index in [1.165, 1.54) is 11.2 Å². The highest BCUT2D eigenvalue weighted by atomic mass is 79.9. The number of hydrogen-bond acceptors (Lipinski definition) is 4. The van der Waals surface area contributed by atoms with Crippen LogP contribution in [0.25, 0.3) is 0 Å². The van der Waals surface area contributed by atoms with E-state index in [-0.39, 0.29) is 0 Å². The Labute approximate surface area is 93.9 Å². The summed E-state index contributed by atoms with van der Waals surface area (Å²) in [5.41, 5.74) is 0. The molecule has 0 saturated heterocycles. The van der Waals surface area contributed by atoms with E-state index in [1.807, 2.05) is 0 Å². The first-order chi connectivity index (χ1) is 6.86. The second-order valence-electron chi connectivity index (χ2n) is 2.73. The molecule has 2 rings (SSSR count). The van der Waals surface area contributed by atoms with E-state index in [4.69, 9.17) is 0 Å². The molecule has 0 spiro atoms. The average Bonchev–Trinajstić information content (AvgIpc) is 2.78. The molecule has 0 aromatic carbocycles. The van der Waals surface area contributed by atoms with E-state index in [0.29, 0.717) is 6.54 Å². The van der Waals surface area contributed by atoms with Gasteiger partial charge in [0.15, 0.2) is 0 Å². The van der Waals surface area contributed by atoms with Crippen molar-refractivity contribution in [3.05, 3.63) is 32.9 Å². The molecule has 2 heterocycles. The highest BCUT2D eigenvalue weighted by Crippen LogP contribution is 2.22. The molecule has 0 radical (unpaired) electrons. The van der Waals surface area contributed by atoms with Gasteiger partial charge in [0, 0.05) is 15.9 Å². The maximum absolute atomic E-state index is 4.02. The molecular weight excluding hydrogens is 264 g/mol. The number of halogens is 1. The largest absolute Gasteiger partial charge is 0.305 e. The Morgan fingerprint density at radius 1 is 1.50 bits per heavy atom. The lowest BCUT2D eigenvalue weighted by Crippen LogP contribution is -2.13. The molecule has 0 amide bonds. The average molecular weight is 273 g/mol. The van der Waals surface area contributed by atoms with Gasteiger partial charge in [0.2, 0.25) is 0 Å². The maximum Gasteiger partial charge on any atom is 0.138 e. The quantitative estimate of drug-likeness (QED) is 0.894. The Morgan fingerprint density at radius 3 is 3.07 bits per heavy atom. The van der Waals surface area contributed by atoms with Gasteiger partial charge in [-0.1, -0.05) is 0 Å². The molecule has 0 unspecified atom stereocenters. The molecule has 0 aliphatic carbocycles. The summed E-state index contributed by atoms with van der Waals surface area (Å²) in [6, 6.07) is 2.05. The monoisotopic (exact) mass is 272 g/mol. The fraction of sp³-hybridized carbons (Fsp3) is 0.250. The van der Waals surface area contributed by atoms with Crippen molar-refractivity contribution >= 4 is 27.3 Å². The van der Waals surface area contributed by atoms with Gasteiger partial charge in [0.1, 0.15) is 12.2 Å². The van der Waals surface area contributed by atoms with Crippen molar-refractivity contribution in [2.24, 2.45) is 0 Å². The Morgan fingerprint density at radius 2 is 2.43 bits per heavy atom. The summed E-state index contributed by atoms with van der Waals surface area (Å²) < 4.78 is 1.16. The predicted octanol–water partition coefficient (Wildman–Crippen LogP) is 1.92. The van der Waals surface area contributed by atoms with Crippen LogP contribution in [0.5, 0.6) is 0 Å². The van der Waals surface area contributed by atoms with Crippen LogP contribution < -0.4 is 5.32 Å². The van der Waals surface area contributed by atoms with Gasteiger partial charge in [-0.2, -0.15) is 5.10 Å². The second kappa shape index (κ2) is 4.68. The van der Waals surface area contributed by atoms with Crippen molar-refractivity contribution in [3.8, 4) is 0 Å². The zero-order chi connectivity index (χ0) is 9.80. The SMILES string of the molecule is Brc1ccsc1CNCc1ncn[nH]1. The Kier molecular flexibility index (Phi) is 3.28. The summed E-state index contributed by atoms with van der Waals surface area (Å²) in [7, 11) is 0. The molecule has 0 fully saturated rings. The number of rotatable bonds is 4. The van der Waals surface area contributed by atoms with Gasteiger partial charge >= 0.3 is 0 Å². The molecular formula is C8H9BrN4S. The van der Waals surface area contributed by atoms with Crippen LogP contribution >= 0.6 is 27.3 Å². The van der Waals surface area contributed by atoms with E-state index in [1.54, 1.807) is 11.3 Å². The van der Waals surface area contributed by atoms with E-state index in [0.717, 1.165) is 16.8 Å². The van der Waals surface area contributed by atoms with E-state index in [9.17, 15) is 0 Å².